The lowest BCUT2D eigenvalue weighted by Gasteiger charge is -2.39. The molecule has 2 N–H and O–H groups in total. The summed E-state index contributed by atoms with van der Waals surface area (Å²) in [6.45, 7) is 6.21. The fourth-order valence-corrected chi connectivity index (χ4v) is 5.34. The Morgan fingerprint density at radius 3 is 1.62 bits per heavy atom. The molecule has 2 aliphatic rings. The number of hydrogen-bond donors (Lipinski definition) is 2. The van der Waals surface area contributed by atoms with Crippen LogP contribution in [-0.2, 0) is 9.47 Å². The van der Waals surface area contributed by atoms with Gasteiger partial charge in [-0.2, -0.15) is 0 Å². The van der Waals surface area contributed by atoms with E-state index in [9.17, 15) is 0 Å². The van der Waals surface area contributed by atoms with Crippen LogP contribution in [0.4, 0.5) is 34.1 Å². The van der Waals surface area contributed by atoms with Crippen molar-refractivity contribution in [1.82, 2.24) is 0 Å². The third-order valence-corrected chi connectivity index (χ3v) is 7.31. The van der Waals surface area contributed by atoms with Crippen molar-refractivity contribution >= 4 is 46.3 Å². The maximum Gasteiger partial charge on any atom is 0.0883 e. The van der Waals surface area contributed by atoms with Crippen LogP contribution in [0.25, 0.3) is 12.2 Å². The molecule has 2 aliphatic heterocycles. The van der Waals surface area contributed by atoms with E-state index in [0.717, 1.165) is 62.1 Å². The molecule has 40 heavy (non-hydrogen) atoms. The van der Waals surface area contributed by atoms with Crippen LogP contribution >= 0.6 is 0 Å². The molecule has 0 spiro atoms. The van der Waals surface area contributed by atoms with Gasteiger partial charge in [0, 0.05) is 43.1 Å². The molecule has 4 aromatic rings. The minimum absolute atomic E-state index is 0.707. The second-order valence-electron chi connectivity index (χ2n) is 10.0. The predicted molar refractivity (Wildman–Crippen MR) is 167 cm³/mol. The molecule has 0 amide bonds. The highest BCUT2D eigenvalue weighted by molar-refractivity contribution is 6.01. The first kappa shape index (κ1) is 26.0. The van der Waals surface area contributed by atoms with Gasteiger partial charge in [0.25, 0.3) is 0 Å². The summed E-state index contributed by atoms with van der Waals surface area (Å²) in [6.07, 6.45) is 4.46. The van der Waals surface area contributed by atoms with Crippen LogP contribution in [0.1, 0.15) is 11.1 Å². The Hall–Kier alpha value is -4.26. The van der Waals surface area contributed by atoms with Crippen LogP contribution in [0.2, 0.25) is 0 Å². The average Bonchev–Trinajstić information content (AvgIpc) is 3.03. The Bertz CT molecular complexity index is 1400. The van der Waals surface area contributed by atoms with Crippen LogP contribution in [0.3, 0.4) is 0 Å². The number of para-hydroxylation sites is 2. The lowest BCUT2D eigenvalue weighted by molar-refractivity contribution is 0.121. The van der Waals surface area contributed by atoms with Gasteiger partial charge in [-0.25, -0.2) is 0 Å². The van der Waals surface area contributed by atoms with Gasteiger partial charge in [-0.3, -0.25) is 0 Å². The van der Waals surface area contributed by atoms with E-state index in [0.29, 0.717) is 13.2 Å². The molecular formula is C34H36N4O2. The zero-order valence-corrected chi connectivity index (χ0v) is 22.8. The molecule has 0 aliphatic carbocycles. The van der Waals surface area contributed by atoms with Crippen LogP contribution in [0.5, 0.6) is 0 Å². The molecule has 2 saturated heterocycles. The maximum absolute atomic E-state index is 5.80. The molecule has 0 atom stereocenters. The normalized spacial score (nSPS) is 15.8. The Morgan fingerprint density at radius 2 is 1.05 bits per heavy atom. The summed E-state index contributed by atoms with van der Waals surface area (Å²) in [5.74, 6) is 0. The lowest BCUT2D eigenvalue weighted by Crippen LogP contribution is -2.41. The number of benzene rings is 4. The van der Waals surface area contributed by atoms with Crippen molar-refractivity contribution < 1.29 is 9.47 Å². The van der Waals surface area contributed by atoms with Gasteiger partial charge < -0.3 is 29.9 Å². The molecule has 0 unspecified atom stereocenters. The van der Waals surface area contributed by atoms with Gasteiger partial charge in [0.2, 0.25) is 0 Å². The summed E-state index contributed by atoms with van der Waals surface area (Å²) in [6, 6.07) is 33.6. The van der Waals surface area contributed by atoms with Gasteiger partial charge in [0.15, 0.2) is 0 Å². The molecule has 0 bridgehead atoms. The van der Waals surface area contributed by atoms with E-state index in [2.05, 4.69) is 118 Å². The van der Waals surface area contributed by atoms with E-state index < -0.39 is 0 Å². The topological polar surface area (TPSA) is 49.0 Å². The fourth-order valence-electron chi connectivity index (χ4n) is 5.34. The number of hydrogen-bond acceptors (Lipinski definition) is 6. The van der Waals surface area contributed by atoms with Gasteiger partial charge in [0.05, 0.1) is 49.2 Å². The monoisotopic (exact) mass is 532 g/mol. The van der Waals surface area contributed by atoms with E-state index in [1.807, 2.05) is 12.1 Å². The van der Waals surface area contributed by atoms with Crippen molar-refractivity contribution in [2.45, 2.75) is 0 Å². The second kappa shape index (κ2) is 12.7. The average molecular weight is 533 g/mol. The Balaban J connectivity index is 1.57. The number of rotatable bonds is 8. The summed E-state index contributed by atoms with van der Waals surface area (Å²) in [5, 5.41) is 7.56. The van der Waals surface area contributed by atoms with Crippen LogP contribution < -0.4 is 20.4 Å². The highest BCUT2D eigenvalue weighted by Gasteiger charge is 2.28. The minimum atomic E-state index is 0.707. The summed E-state index contributed by atoms with van der Waals surface area (Å²) < 4.78 is 11.6. The first-order valence-corrected chi connectivity index (χ1v) is 14.1. The number of nitrogens with zero attached hydrogens (tertiary/aromatic N) is 2. The Kier molecular flexibility index (Phi) is 8.27. The molecular weight excluding hydrogens is 496 g/mol. The van der Waals surface area contributed by atoms with Crippen LogP contribution in [0, 0.1) is 0 Å². The number of nitrogens with one attached hydrogen (secondary N) is 2. The molecule has 0 aromatic heterocycles. The first-order chi connectivity index (χ1) is 19.8. The van der Waals surface area contributed by atoms with Gasteiger partial charge in [-0.05, 0) is 35.9 Å². The third-order valence-electron chi connectivity index (χ3n) is 7.31. The Labute approximate surface area is 236 Å². The number of morpholine rings is 2. The summed E-state index contributed by atoms with van der Waals surface area (Å²) in [7, 11) is 0. The Morgan fingerprint density at radius 1 is 0.550 bits per heavy atom. The van der Waals surface area contributed by atoms with E-state index in [1.54, 1.807) is 0 Å². The van der Waals surface area contributed by atoms with Gasteiger partial charge in [0.1, 0.15) is 0 Å². The van der Waals surface area contributed by atoms with Gasteiger partial charge in [-0.15, -0.1) is 0 Å². The standard InChI is InChI=1S/C34H36N4O2/c1-4-10-27(11-5-1)16-17-28-26-31(35-29-12-6-2-7-13-29)32(36-30-14-8-3-9-15-30)34(38-20-24-40-25-21-38)33(28)37-18-22-39-23-19-37/h1-17,26,35-36H,18-25H2. The SMILES string of the molecule is C(=Cc1cc(Nc2ccccc2)c(Nc2ccccc2)c(N2CCOCC2)c1N1CCOCC1)c1ccccc1. The summed E-state index contributed by atoms with van der Waals surface area (Å²) in [4.78, 5) is 4.97. The number of anilines is 6. The highest BCUT2D eigenvalue weighted by atomic mass is 16.5. The fraction of sp³-hybridized carbons (Fsp3) is 0.235. The largest absolute Gasteiger partial charge is 0.378 e. The maximum atomic E-state index is 5.80. The first-order valence-electron chi connectivity index (χ1n) is 14.1. The molecule has 0 radical (unpaired) electrons. The quantitative estimate of drug-likeness (QED) is 0.238. The zero-order chi connectivity index (χ0) is 27.0. The molecule has 4 aromatic carbocycles. The zero-order valence-electron chi connectivity index (χ0n) is 22.8. The molecule has 6 heteroatoms. The van der Waals surface area contributed by atoms with Crippen molar-refractivity contribution in [2.24, 2.45) is 0 Å². The molecule has 204 valence electrons. The van der Waals surface area contributed by atoms with Crippen LogP contribution in [-0.4, -0.2) is 52.6 Å². The smallest absolute Gasteiger partial charge is 0.0883 e. The van der Waals surface area contributed by atoms with E-state index >= 15 is 0 Å². The molecule has 6 rings (SSSR count). The third kappa shape index (κ3) is 6.14. The lowest BCUT2D eigenvalue weighted by atomic mass is 10.0. The van der Waals surface area contributed by atoms with Crippen molar-refractivity contribution in [3.63, 3.8) is 0 Å². The van der Waals surface area contributed by atoms with Gasteiger partial charge in [-0.1, -0.05) is 78.9 Å². The number of ether oxygens (including phenoxy) is 2. The van der Waals surface area contributed by atoms with Gasteiger partial charge >= 0.3 is 0 Å². The van der Waals surface area contributed by atoms with E-state index in [1.165, 1.54) is 22.5 Å². The van der Waals surface area contributed by atoms with E-state index in [-0.39, 0.29) is 0 Å². The predicted octanol–water partition coefficient (Wildman–Crippen LogP) is 7.02. The molecule has 6 nitrogen and oxygen atoms in total. The van der Waals surface area contributed by atoms with E-state index in [4.69, 9.17) is 9.47 Å². The van der Waals surface area contributed by atoms with Crippen molar-refractivity contribution in [3.8, 4) is 0 Å². The molecule has 2 heterocycles. The highest BCUT2D eigenvalue weighted by Crippen LogP contribution is 2.47. The van der Waals surface area contributed by atoms with Crippen molar-refractivity contribution in [2.75, 3.05) is 73.0 Å². The van der Waals surface area contributed by atoms with Crippen molar-refractivity contribution in [3.05, 3.63) is 108 Å². The molecule has 0 saturated carbocycles. The molecule has 2 fully saturated rings. The second-order valence-corrected chi connectivity index (χ2v) is 10.0. The summed E-state index contributed by atoms with van der Waals surface area (Å²) >= 11 is 0. The minimum Gasteiger partial charge on any atom is -0.378 e. The summed E-state index contributed by atoms with van der Waals surface area (Å²) in [5.41, 5.74) is 8.96. The van der Waals surface area contributed by atoms with Crippen LogP contribution in [0.15, 0.2) is 97.1 Å². The van der Waals surface area contributed by atoms with Crippen molar-refractivity contribution in [1.29, 1.82) is 0 Å².